The monoisotopic (exact) mass is 567 g/mol. The van der Waals surface area contributed by atoms with Gasteiger partial charge in [-0.15, -0.1) is 11.3 Å². The van der Waals surface area contributed by atoms with Crippen molar-refractivity contribution < 1.29 is 19.2 Å². The highest BCUT2D eigenvalue weighted by atomic mass is 35.5. The number of nitrogens with zero attached hydrogens (tertiary/aromatic N) is 4. The van der Waals surface area contributed by atoms with E-state index in [0.717, 1.165) is 38.0 Å². The Hall–Kier alpha value is -2.93. The van der Waals surface area contributed by atoms with Crippen molar-refractivity contribution in [1.82, 2.24) is 19.8 Å². The maximum Gasteiger partial charge on any atom is 0.289 e. The van der Waals surface area contributed by atoms with Gasteiger partial charge >= 0.3 is 0 Å². The molecule has 4 rings (SSSR count). The number of fused-ring (bicyclic) bond motifs is 1. The molecule has 1 aliphatic heterocycles. The maximum atomic E-state index is 11.4. The predicted octanol–water partition coefficient (Wildman–Crippen LogP) is 2.33. The molecule has 1 fully saturated rings. The van der Waals surface area contributed by atoms with Crippen LogP contribution in [-0.4, -0.2) is 78.5 Å². The number of amides is 3. The molecular formula is C25H38ClN7O4S. The summed E-state index contributed by atoms with van der Waals surface area (Å²) < 4.78 is 0. The Labute approximate surface area is 232 Å². The molecule has 2 aromatic rings. The van der Waals surface area contributed by atoms with Crippen molar-refractivity contribution in [3.05, 3.63) is 38.9 Å². The molecular weight excluding hydrogens is 530 g/mol. The number of pyridine rings is 1. The molecule has 3 amide bonds. The molecule has 0 bridgehead atoms. The lowest BCUT2D eigenvalue weighted by Gasteiger charge is -2.23. The van der Waals surface area contributed by atoms with E-state index >= 15 is 0 Å². The number of aldehydes is 1. The lowest BCUT2D eigenvalue weighted by Crippen LogP contribution is -2.30. The van der Waals surface area contributed by atoms with Crippen LogP contribution in [0.15, 0.2) is 18.3 Å². The van der Waals surface area contributed by atoms with E-state index < -0.39 is 11.8 Å². The summed E-state index contributed by atoms with van der Waals surface area (Å²) in [5.41, 5.74) is 10.7. The van der Waals surface area contributed by atoms with Gasteiger partial charge in [0.05, 0.1) is 10.7 Å². The molecule has 0 radical (unpaired) electrons. The van der Waals surface area contributed by atoms with Crippen molar-refractivity contribution in [2.24, 2.45) is 17.4 Å². The van der Waals surface area contributed by atoms with Gasteiger partial charge in [0, 0.05) is 50.6 Å². The molecule has 3 heterocycles. The molecule has 38 heavy (non-hydrogen) atoms. The summed E-state index contributed by atoms with van der Waals surface area (Å²) in [5, 5.41) is 3.16. The van der Waals surface area contributed by atoms with Gasteiger partial charge in [0.1, 0.15) is 5.82 Å². The number of thiazole rings is 1. The first-order chi connectivity index (χ1) is 18.1. The van der Waals surface area contributed by atoms with Crippen molar-refractivity contribution in [2.45, 2.75) is 45.1 Å². The van der Waals surface area contributed by atoms with Gasteiger partial charge in [-0.05, 0) is 39.1 Å². The molecule has 0 atom stereocenters. The van der Waals surface area contributed by atoms with E-state index in [9.17, 15) is 19.2 Å². The fourth-order valence-corrected chi connectivity index (χ4v) is 4.90. The molecule has 210 valence electrons. The van der Waals surface area contributed by atoms with E-state index in [4.69, 9.17) is 17.3 Å². The van der Waals surface area contributed by atoms with Gasteiger partial charge in [-0.3, -0.25) is 19.2 Å². The van der Waals surface area contributed by atoms with Crippen molar-refractivity contribution in [1.29, 1.82) is 0 Å². The van der Waals surface area contributed by atoms with E-state index in [1.54, 1.807) is 11.0 Å². The first kappa shape index (κ1) is 33.1. The number of carbonyl (C=O) groups is 4. The zero-order chi connectivity index (χ0) is 28.7. The Kier molecular flexibility index (Phi) is 15.3. The zero-order valence-electron chi connectivity index (χ0n) is 22.4. The van der Waals surface area contributed by atoms with Crippen molar-refractivity contribution in [3.63, 3.8) is 0 Å². The van der Waals surface area contributed by atoms with Gasteiger partial charge < -0.3 is 26.6 Å². The highest BCUT2D eigenvalue weighted by molar-refractivity contribution is 7.13. The van der Waals surface area contributed by atoms with Crippen LogP contribution in [0.25, 0.3) is 0 Å². The summed E-state index contributed by atoms with van der Waals surface area (Å²) in [6.07, 6.45) is 8.49. The van der Waals surface area contributed by atoms with Crippen LogP contribution in [0.3, 0.4) is 0 Å². The van der Waals surface area contributed by atoms with Gasteiger partial charge in [-0.1, -0.05) is 30.9 Å². The molecule has 11 nitrogen and oxygen atoms in total. The number of anilines is 1. The third kappa shape index (κ3) is 11.6. The third-order valence-electron chi connectivity index (χ3n) is 5.61. The fourth-order valence-electron chi connectivity index (χ4n) is 3.75. The van der Waals surface area contributed by atoms with Crippen LogP contribution in [0.4, 0.5) is 5.82 Å². The number of hydrogen-bond donors (Lipinski definition) is 3. The minimum absolute atomic E-state index is 0.177. The molecule has 0 saturated heterocycles. The number of rotatable bonds is 4. The Morgan fingerprint density at radius 2 is 1.84 bits per heavy atom. The van der Waals surface area contributed by atoms with E-state index in [1.807, 2.05) is 14.1 Å². The Morgan fingerprint density at radius 3 is 2.37 bits per heavy atom. The van der Waals surface area contributed by atoms with E-state index in [-0.39, 0.29) is 6.29 Å². The molecule has 2 aliphatic rings. The largest absolute Gasteiger partial charge is 0.364 e. The minimum atomic E-state index is -0.732. The average Bonchev–Trinajstić information content (AvgIpc) is 3.35. The predicted molar refractivity (Wildman–Crippen MR) is 150 cm³/mol. The molecule has 0 aromatic carbocycles. The molecule has 0 spiro atoms. The van der Waals surface area contributed by atoms with Crippen LogP contribution in [-0.2, 0) is 27.3 Å². The van der Waals surface area contributed by atoms with E-state index in [1.165, 1.54) is 54.8 Å². The van der Waals surface area contributed by atoms with Gasteiger partial charge in [-0.25, -0.2) is 9.97 Å². The number of carbonyl (C=O) groups excluding carboxylic acids is 4. The Balaban J connectivity index is 0.000000277. The normalized spacial score (nSPS) is 14.6. The molecule has 13 heteroatoms. The third-order valence-corrected chi connectivity index (χ3v) is 6.93. The SMILES string of the molecule is CN.CN(C)C(=O)C1CCCCC1.CN1CCc2nc(C(N)=O)sc2C1.O=CC(=O)Nc1ccc(Cl)cn1. The lowest BCUT2D eigenvalue weighted by atomic mass is 9.88. The Morgan fingerprint density at radius 1 is 1.18 bits per heavy atom. The Bertz CT molecular complexity index is 1040. The second kappa shape index (κ2) is 17.6. The van der Waals surface area contributed by atoms with Gasteiger partial charge in [-0.2, -0.15) is 0 Å². The molecule has 5 N–H and O–H groups in total. The van der Waals surface area contributed by atoms with Gasteiger partial charge in [0.15, 0.2) is 5.01 Å². The second-order valence-electron chi connectivity index (χ2n) is 8.78. The first-order valence-corrected chi connectivity index (χ1v) is 13.4. The molecule has 2 aromatic heterocycles. The number of primary amides is 1. The van der Waals surface area contributed by atoms with Gasteiger partial charge in [0.25, 0.3) is 11.8 Å². The number of nitrogens with one attached hydrogen (secondary N) is 1. The number of nitrogens with two attached hydrogens (primary N) is 2. The number of aromatic nitrogens is 2. The summed E-state index contributed by atoms with van der Waals surface area (Å²) in [6, 6.07) is 3.07. The average molecular weight is 568 g/mol. The zero-order valence-corrected chi connectivity index (χ0v) is 24.0. The van der Waals surface area contributed by atoms with Crippen molar-refractivity contribution in [2.75, 3.05) is 40.1 Å². The van der Waals surface area contributed by atoms with Crippen LogP contribution in [0.5, 0.6) is 0 Å². The fraction of sp³-hybridized carbons (Fsp3) is 0.520. The number of halogens is 1. The summed E-state index contributed by atoms with van der Waals surface area (Å²) in [7, 11) is 7.25. The highest BCUT2D eigenvalue weighted by Crippen LogP contribution is 2.25. The van der Waals surface area contributed by atoms with Crippen LogP contribution >= 0.6 is 22.9 Å². The quantitative estimate of drug-likeness (QED) is 0.374. The highest BCUT2D eigenvalue weighted by Gasteiger charge is 2.22. The molecule has 1 saturated carbocycles. The van der Waals surface area contributed by atoms with Gasteiger partial charge in [0.2, 0.25) is 12.2 Å². The first-order valence-electron chi connectivity index (χ1n) is 12.2. The number of hydrogen-bond acceptors (Lipinski definition) is 9. The number of likely N-dealkylation sites (N-methyl/N-ethyl adjacent to an activating group) is 1. The summed E-state index contributed by atoms with van der Waals surface area (Å²) >= 11 is 6.96. The van der Waals surface area contributed by atoms with Crippen molar-refractivity contribution in [3.8, 4) is 0 Å². The summed E-state index contributed by atoms with van der Waals surface area (Å²) in [6.45, 7) is 1.90. The van der Waals surface area contributed by atoms with Crippen LogP contribution in [0.1, 0.15) is 52.5 Å². The van der Waals surface area contributed by atoms with Crippen molar-refractivity contribution >= 4 is 52.8 Å². The summed E-state index contributed by atoms with van der Waals surface area (Å²) in [4.78, 5) is 55.8. The molecule has 0 unspecified atom stereocenters. The lowest BCUT2D eigenvalue weighted by molar-refractivity contribution is -0.133. The van der Waals surface area contributed by atoms with E-state index in [2.05, 4.69) is 33.0 Å². The standard InChI is InChI=1S/C9H17NO.C8H11N3OS.C7H5ClN2O2.CH5N/c1-10(2)9(11)8-6-4-3-5-7-8;1-11-3-2-5-6(4-11)13-8(10-5)7(9)12;8-5-1-2-6(9-3-5)10-7(12)4-11;1-2/h8H,3-7H2,1-2H3;2-4H2,1H3,(H2,9,12);1-4H,(H,9,10,12);2H2,1H3. The smallest absolute Gasteiger partial charge is 0.289 e. The van der Waals surface area contributed by atoms with Crippen LogP contribution in [0.2, 0.25) is 5.02 Å². The second-order valence-corrected chi connectivity index (χ2v) is 10.3. The van der Waals surface area contributed by atoms with E-state index in [0.29, 0.717) is 27.7 Å². The summed E-state index contributed by atoms with van der Waals surface area (Å²) in [5.74, 6) is -0.188. The maximum absolute atomic E-state index is 11.4. The topological polar surface area (TPSA) is 165 Å². The minimum Gasteiger partial charge on any atom is -0.364 e. The van der Waals surface area contributed by atoms with Crippen LogP contribution < -0.4 is 16.8 Å². The molecule has 1 aliphatic carbocycles. The van der Waals surface area contributed by atoms with Crippen LogP contribution in [0, 0.1) is 5.92 Å².